The Kier molecular flexibility index (Phi) is 4.30. The Hall–Kier alpha value is -1.53. The molecule has 0 bridgehead atoms. The minimum Gasteiger partial charge on any atom is -0.399 e. The zero-order chi connectivity index (χ0) is 15.7. The van der Waals surface area contributed by atoms with Crippen molar-refractivity contribution in [3.63, 3.8) is 0 Å². The third-order valence-corrected chi connectivity index (χ3v) is 5.96. The summed E-state index contributed by atoms with van der Waals surface area (Å²) in [6.45, 7) is 6.02. The van der Waals surface area contributed by atoms with Crippen molar-refractivity contribution >= 4 is 26.6 Å². The minimum absolute atomic E-state index is 0.275. The number of nitrogens with two attached hydrogens (primary N) is 1. The number of nitrogen functional groups attached to an aromatic ring is 1. The number of hydrogen-bond donors (Lipinski definition) is 3. The van der Waals surface area contributed by atoms with Crippen molar-refractivity contribution in [3.05, 3.63) is 24.4 Å². The monoisotopic (exact) mass is 309 g/mol. The first-order valence-corrected chi connectivity index (χ1v) is 8.76. The van der Waals surface area contributed by atoms with Crippen LogP contribution in [0.1, 0.15) is 40.0 Å². The molecule has 0 fully saturated rings. The lowest BCUT2D eigenvalue weighted by atomic mass is 9.91. The first-order valence-electron chi connectivity index (χ1n) is 7.28. The highest BCUT2D eigenvalue weighted by molar-refractivity contribution is 7.89. The number of aromatic nitrogens is 1. The number of H-pyrrole nitrogens is 1. The molecule has 0 spiro atoms. The van der Waals surface area contributed by atoms with Crippen LogP contribution in [0.4, 0.5) is 5.69 Å². The lowest BCUT2D eigenvalue weighted by Crippen LogP contribution is -2.46. The quantitative estimate of drug-likeness (QED) is 0.717. The summed E-state index contributed by atoms with van der Waals surface area (Å²) in [7, 11) is -3.57. The van der Waals surface area contributed by atoms with Gasteiger partial charge in [-0.25, -0.2) is 13.1 Å². The predicted octanol–water partition coefficient (Wildman–Crippen LogP) is 3.00. The van der Waals surface area contributed by atoms with Gasteiger partial charge >= 0.3 is 0 Å². The second-order valence-corrected chi connectivity index (χ2v) is 7.06. The molecule has 0 radical (unpaired) electrons. The second kappa shape index (κ2) is 5.69. The summed E-state index contributed by atoms with van der Waals surface area (Å²) >= 11 is 0. The minimum atomic E-state index is -3.57. The molecule has 21 heavy (non-hydrogen) atoms. The largest absolute Gasteiger partial charge is 0.399 e. The van der Waals surface area contributed by atoms with Crippen molar-refractivity contribution in [2.45, 2.75) is 50.5 Å². The van der Waals surface area contributed by atoms with Crippen LogP contribution in [0.5, 0.6) is 0 Å². The Morgan fingerprint density at radius 1 is 1.19 bits per heavy atom. The van der Waals surface area contributed by atoms with Gasteiger partial charge in [-0.15, -0.1) is 0 Å². The smallest absolute Gasteiger partial charge is 0.243 e. The first kappa shape index (κ1) is 15.9. The van der Waals surface area contributed by atoms with E-state index in [4.69, 9.17) is 5.73 Å². The standard InChI is InChI=1S/C15H23N3O2S/c1-4-15(5-2,6-3)18-21(19,20)14-10-17-13-9-11(16)7-8-12(13)14/h7-10,17-18H,4-6,16H2,1-3H3. The van der Waals surface area contributed by atoms with Crippen molar-refractivity contribution in [1.29, 1.82) is 0 Å². The average Bonchev–Trinajstić information content (AvgIpc) is 2.88. The third kappa shape index (κ3) is 2.91. The molecule has 0 saturated heterocycles. The fraction of sp³-hybridized carbons (Fsp3) is 0.467. The lowest BCUT2D eigenvalue weighted by Gasteiger charge is -2.31. The highest BCUT2D eigenvalue weighted by Crippen LogP contribution is 2.28. The molecule has 0 aliphatic carbocycles. The number of fused-ring (bicyclic) bond motifs is 1. The van der Waals surface area contributed by atoms with Gasteiger partial charge in [-0.05, 0) is 37.5 Å². The van der Waals surface area contributed by atoms with Gasteiger partial charge in [-0.3, -0.25) is 0 Å². The van der Waals surface area contributed by atoms with Gasteiger partial charge in [0.2, 0.25) is 10.0 Å². The van der Waals surface area contributed by atoms with E-state index in [2.05, 4.69) is 9.71 Å². The SMILES string of the molecule is CCC(CC)(CC)NS(=O)(=O)c1c[nH]c2cc(N)ccc12. The van der Waals surface area contributed by atoms with Gasteiger partial charge in [0, 0.05) is 28.3 Å². The number of aromatic amines is 1. The molecule has 2 aromatic rings. The zero-order valence-corrected chi connectivity index (χ0v) is 13.5. The summed E-state index contributed by atoms with van der Waals surface area (Å²) in [6, 6.07) is 5.18. The van der Waals surface area contributed by atoms with Gasteiger partial charge in [0.25, 0.3) is 0 Å². The zero-order valence-electron chi connectivity index (χ0n) is 12.7. The Balaban J connectivity index is 2.47. The van der Waals surface area contributed by atoms with Crippen molar-refractivity contribution in [1.82, 2.24) is 9.71 Å². The van der Waals surface area contributed by atoms with Crippen LogP contribution in [0.3, 0.4) is 0 Å². The van der Waals surface area contributed by atoms with Crippen LogP contribution in [0, 0.1) is 0 Å². The number of anilines is 1. The van der Waals surface area contributed by atoms with Gasteiger partial charge in [0.15, 0.2) is 0 Å². The fourth-order valence-electron chi connectivity index (χ4n) is 2.65. The maximum Gasteiger partial charge on any atom is 0.243 e. The summed E-state index contributed by atoms with van der Waals surface area (Å²) in [5.41, 5.74) is 6.66. The molecule has 0 aliphatic rings. The van der Waals surface area contributed by atoms with E-state index < -0.39 is 15.6 Å². The molecule has 6 heteroatoms. The molecule has 1 aromatic heterocycles. The van der Waals surface area contributed by atoms with Crippen LogP contribution < -0.4 is 10.5 Å². The molecule has 4 N–H and O–H groups in total. The van der Waals surface area contributed by atoms with Crippen molar-refractivity contribution < 1.29 is 8.42 Å². The molecule has 1 aromatic carbocycles. The van der Waals surface area contributed by atoms with E-state index in [0.29, 0.717) is 11.1 Å². The average molecular weight is 309 g/mol. The molecular formula is C15H23N3O2S. The van der Waals surface area contributed by atoms with E-state index in [1.807, 2.05) is 20.8 Å². The van der Waals surface area contributed by atoms with Crippen LogP contribution in [0.15, 0.2) is 29.3 Å². The number of rotatable bonds is 6. The Labute approximate surface area is 126 Å². The molecule has 2 rings (SSSR count). The highest BCUT2D eigenvalue weighted by atomic mass is 32.2. The van der Waals surface area contributed by atoms with Gasteiger partial charge in [-0.2, -0.15) is 0 Å². The number of nitrogens with one attached hydrogen (secondary N) is 2. The summed E-state index contributed by atoms with van der Waals surface area (Å²) in [6.07, 6.45) is 3.80. The molecule has 0 atom stereocenters. The summed E-state index contributed by atoms with van der Waals surface area (Å²) in [4.78, 5) is 3.25. The molecule has 0 amide bonds. The Morgan fingerprint density at radius 3 is 2.38 bits per heavy atom. The maximum absolute atomic E-state index is 12.7. The lowest BCUT2D eigenvalue weighted by molar-refractivity contribution is 0.342. The van der Waals surface area contributed by atoms with Crippen molar-refractivity contribution in [2.24, 2.45) is 0 Å². The van der Waals surface area contributed by atoms with Crippen LogP contribution in [0.25, 0.3) is 10.9 Å². The Morgan fingerprint density at radius 2 is 1.81 bits per heavy atom. The van der Waals surface area contributed by atoms with Crippen LogP contribution >= 0.6 is 0 Å². The van der Waals surface area contributed by atoms with Gasteiger partial charge in [-0.1, -0.05) is 20.8 Å². The molecule has 0 unspecified atom stereocenters. The maximum atomic E-state index is 12.7. The van der Waals surface area contributed by atoms with E-state index in [1.54, 1.807) is 18.2 Å². The third-order valence-electron chi connectivity index (χ3n) is 4.34. The van der Waals surface area contributed by atoms with Crippen LogP contribution in [0.2, 0.25) is 0 Å². The first-order chi connectivity index (χ1) is 9.87. The number of benzene rings is 1. The highest BCUT2D eigenvalue weighted by Gasteiger charge is 2.31. The normalized spacial score (nSPS) is 12.9. The van der Waals surface area contributed by atoms with Crippen LogP contribution in [-0.2, 0) is 10.0 Å². The second-order valence-electron chi connectivity index (χ2n) is 5.40. The molecule has 0 aliphatic heterocycles. The topological polar surface area (TPSA) is 88.0 Å². The fourth-order valence-corrected chi connectivity index (χ4v) is 4.44. The molecule has 5 nitrogen and oxygen atoms in total. The van der Waals surface area contributed by atoms with Gasteiger partial charge < -0.3 is 10.7 Å². The summed E-state index contributed by atoms with van der Waals surface area (Å²) < 4.78 is 28.3. The van der Waals surface area contributed by atoms with Crippen LogP contribution in [-0.4, -0.2) is 18.9 Å². The predicted molar refractivity (Wildman–Crippen MR) is 86.6 cm³/mol. The van der Waals surface area contributed by atoms with E-state index in [9.17, 15) is 8.42 Å². The number of hydrogen-bond acceptors (Lipinski definition) is 3. The molecule has 0 saturated carbocycles. The summed E-state index contributed by atoms with van der Waals surface area (Å²) in [5, 5.41) is 0.661. The van der Waals surface area contributed by atoms with Gasteiger partial charge in [0.1, 0.15) is 4.90 Å². The van der Waals surface area contributed by atoms with E-state index in [1.165, 1.54) is 6.20 Å². The number of sulfonamides is 1. The summed E-state index contributed by atoms with van der Waals surface area (Å²) in [5.74, 6) is 0. The van der Waals surface area contributed by atoms with Crippen molar-refractivity contribution in [3.8, 4) is 0 Å². The molecule has 116 valence electrons. The molecular weight excluding hydrogens is 286 g/mol. The van der Waals surface area contributed by atoms with E-state index in [0.717, 1.165) is 24.8 Å². The van der Waals surface area contributed by atoms with Gasteiger partial charge in [0.05, 0.1) is 0 Å². The van der Waals surface area contributed by atoms with E-state index in [-0.39, 0.29) is 4.90 Å². The molecule has 1 heterocycles. The van der Waals surface area contributed by atoms with Crippen molar-refractivity contribution in [2.75, 3.05) is 5.73 Å². The Bertz CT molecular complexity index is 722. The van der Waals surface area contributed by atoms with E-state index >= 15 is 0 Å².